The summed E-state index contributed by atoms with van der Waals surface area (Å²) in [4.78, 5) is 13.8. The average molecular weight is 302 g/mol. The van der Waals surface area contributed by atoms with Crippen molar-refractivity contribution < 1.29 is 9.90 Å². The summed E-state index contributed by atoms with van der Waals surface area (Å²) >= 11 is 0. The van der Waals surface area contributed by atoms with Crippen LogP contribution in [0.3, 0.4) is 0 Å². The SMILES string of the molecule is Cc1ccc(-n2cc(C)cn2)c(NC(=O)N(C)C(C)CO)c1. The number of urea groups is 1. The van der Waals surface area contributed by atoms with Crippen LogP contribution in [-0.2, 0) is 0 Å². The average Bonchev–Trinajstić information content (AvgIpc) is 2.92. The van der Waals surface area contributed by atoms with Crippen LogP contribution in [0.4, 0.5) is 10.5 Å². The van der Waals surface area contributed by atoms with Gasteiger partial charge in [-0.2, -0.15) is 5.10 Å². The molecule has 0 bridgehead atoms. The van der Waals surface area contributed by atoms with Crippen molar-refractivity contribution in [1.29, 1.82) is 0 Å². The second kappa shape index (κ2) is 6.62. The van der Waals surface area contributed by atoms with Crippen LogP contribution in [0, 0.1) is 13.8 Å². The van der Waals surface area contributed by atoms with E-state index in [0.29, 0.717) is 5.69 Å². The second-order valence-corrected chi connectivity index (χ2v) is 5.56. The molecule has 2 N–H and O–H groups in total. The molecule has 0 aliphatic rings. The Morgan fingerprint density at radius 1 is 1.41 bits per heavy atom. The van der Waals surface area contributed by atoms with Crippen molar-refractivity contribution in [2.24, 2.45) is 0 Å². The molecule has 1 unspecified atom stereocenters. The molecule has 1 aromatic carbocycles. The Labute approximate surface area is 130 Å². The number of benzene rings is 1. The Morgan fingerprint density at radius 3 is 2.73 bits per heavy atom. The lowest BCUT2D eigenvalue weighted by atomic mass is 10.2. The summed E-state index contributed by atoms with van der Waals surface area (Å²) in [7, 11) is 1.66. The molecule has 0 saturated carbocycles. The predicted octanol–water partition coefficient (Wildman–Crippen LogP) is 2.33. The minimum absolute atomic E-state index is 0.0804. The summed E-state index contributed by atoms with van der Waals surface area (Å²) in [5.74, 6) is 0. The fourth-order valence-electron chi connectivity index (χ4n) is 2.02. The van der Waals surface area contributed by atoms with Gasteiger partial charge in [0.1, 0.15) is 0 Å². The van der Waals surface area contributed by atoms with E-state index in [1.165, 1.54) is 4.90 Å². The van der Waals surface area contributed by atoms with Gasteiger partial charge < -0.3 is 15.3 Å². The third-order valence-corrected chi connectivity index (χ3v) is 3.60. The molecule has 0 radical (unpaired) electrons. The second-order valence-electron chi connectivity index (χ2n) is 5.56. The van der Waals surface area contributed by atoms with Gasteiger partial charge >= 0.3 is 6.03 Å². The van der Waals surface area contributed by atoms with E-state index in [1.54, 1.807) is 24.9 Å². The number of amides is 2. The first-order valence-corrected chi connectivity index (χ1v) is 7.19. The van der Waals surface area contributed by atoms with Crippen LogP contribution in [0.25, 0.3) is 5.69 Å². The van der Waals surface area contributed by atoms with Crippen molar-refractivity contribution in [3.05, 3.63) is 41.7 Å². The fraction of sp³-hybridized carbons (Fsp3) is 0.375. The maximum Gasteiger partial charge on any atom is 0.321 e. The van der Waals surface area contributed by atoms with E-state index in [9.17, 15) is 4.79 Å². The molecule has 0 aliphatic heterocycles. The van der Waals surface area contributed by atoms with Crippen molar-refractivity contribution in [2.75, 3.05) is 19.0 Å². The van der Waals surface area contributed by atoms with Gasteiger partial charge in [-0.05, 0) is 44.0 Å². The quantitative estimate of drug-likeness (QED) is 0.910. The number of nitrogens with zero attached hydrogens (tertiary/aromatic N) is 3. The van der Waals surface area contributed by atoms with Gasteiger partial charge in [-0.1, -0.05) is 6.07 Å². The molecule has 0 spiro atoms. The fourth-order valence-corrected chi connectivity index (χ4v) is 2.02. The molecule has 1 atom stereocenters. The summed E-state index contributed by atoms with van der Waals surface area (Å²) in [5.41, 5.74) is 3.58. The number of likely N-dealkylation sites (N-methyl/N-ethyl adjacent to an activating group) is 1. The van der Waals surface area contributed by atoms with Crippen molar-refractivity contribution in [3.8, 4) is 5.69 Å². The van der Waals surface area contributed by atoms with Crippen LogP contribution < -0.4 is 5.32 Å². The number of aliphatic hydroxyl groups is 1. The first kappa shape index (κ1) is 16.0. The molecule has 0 saturated heterocycles. The van der Waals surface area contributed by atoms with Gasteiger partial charge in [-0.25, -0.2) is 9.48 Å². The van der Waals surface area contributed by atoms with E-state index in [0.717, 1.165) is 16.8 Å². The van der Waals surface area contributed by atoms with E-state index >= 15 is 0 Å². The number of rotatable bonds is 4. The molecule has 0 fully saturated rings. The molecule has 1 heterocycles. The predicted molar refractivity (Wildman–Crippen MR) is 86.4 cm³/mol. The van der Waals surface area contributed by atoms with E-state index in [2.05, 4.69) is 10.4 Å². The highest BCUT2D eigenvalue weighted by Crippen LogP contribution is 2.22. The molecule has 0 aliphatic carbocycles. The molecule has 2 amide bonds. The van der Waals surface area contributed by atoms with Gasteiger partial charge in [-0.15, -0.1) is 0 Å². The first-order valence-electron chi connectivity index (χ1n) is 7.19. The van der Waals surface area contributed by atoms with Crippen LogP contribution in [0.2, 0.25) is 0 Å². The van der Waals surface area contributed by atoms with Crippen LogP contribution >= 0.6 is 0 Å². The van der Waals surface area contributed by atoms with Crippen LogP contribution in [-0.4, -0.2) is 45.5 Å². The molecule has 2 rings (SSSR count). The molecular weight excluding hydrogens is 280 g/mol. The zero-order chi connectivity index (χ0) is 16.3. The maximum absolute atomic E-state index is 12.3. The van der Waals surface area contributed by atoms with Gasteiger partial charge in [0, 0.05) is 13.2 Å². The van der Waals surface area contributed by atoms with Gasteiger partial charge in [0.25, 0.3) is 0 Å². The monoisotopic (exact) mass is 302 g/mol. The zero-order valence-corrected chi connectivity index (χ0v) is 13.4. The lowest BCUT2D eigenvalue weighted by molar-refractivity contribution is 0.166. The number of carbonyl (C=O) groups excluding carboxylic acids is 1. The van der Waals surface area contributed by atoms with Gasteiger partial charge in [-0.3, -0.25) is 0 Å². The molecule has 1 aromatic heterocycles. The standard InChI is InChI=1S/C16H22N4O2/c1-11-5-6-15(20-9-12(2)8-17-20)14(7-11)18-16(22)19(4)13(3)10-21/h5-9,13,21H,10H2,1-4H3,(H,18,22). The number of aryl methyl sites for hydroxylation is 2. The third-order valence-electron chi connectivity index (χ3n) is 3.60. The minimum atomic E-state index is -0.266. The Kier molecular flexibility index (Phi) is 4.82. The van der Waals surface area contributed by atoms with E-state index in [1.807, 2.05) is 38.2 Å². The van der Waals surface area contributed by atoms with Gasteiger partial charge in [0.15, 0.2) is 0 Å². The molecule has 22 heavy (non-hydrogen) atoms. The number of anilines is 1. The summed E-state index contributed by atoms with van der Waals surface area (Å²) in [6, 6.07) is 5.29. The highest BCUT2D eigenvalue weighted by Gasteiger charge is 2.17. The summed E-state index contributed by atoms with van der Waals surface area (Å²) < 4.78 is 1.74. The van der Waals surface area contributed by atoms with Gasteiger partial charge in [0.05, 0.1) is 30.2 Å². The van der Waals surface area contributed by atoms with Crippen molar-refractivity contribution in [3.63, 3.8) is 0 Å². The van der Waals surface area contributed by atoms with Crippen LogP contribution in [0.15, 0.2) is 30.6 Å². The lowest BCUT2D eigenvalue weighted by Crippen LogP contribution is -2.40. The third kappa shape index (κ3) is 3.46. The summed E-state index contributed by atoms with van der Waals surface area (Å²) in [6.45, 7) is 5.64. The molecule has 2 aromatic rings. The molecule has 6 heteroatoms. The highest BCUT2D eigenvalue weighted by molar-refractivity contribution is 5.91. The summed E-state index contributed by atoms with van der Waals surface area (Å²) in [5, 5.41) is 16.3. The van der Waals surface area contributed by atoms with Crippen LogP contribution in [0.5, 0.6) is 0 Å². The van der Waals surface area contributed by atoms with Crippen LogP contribution in [0.1, 0.15) is 18.1 Å². The number of aromatic nitrogens is 2. The van der Waals surface area contributed by atoms with Crippen molar-refractivity contribution in [1.82, 2.24) is 14.7 Å². The Bertz CT molecular complexity index is 666. The van der Waals surface area contributed by atoms with Crippen molar-refractivity contribution >= 4 is 11.7 Å². The van der Waals surface area contributed by atoms with Gasteiger partial charge in [0.2, 0.25) is 0 Å². The van der Waals surface area contributed by atoms with Crippen molar-refractivity contribution in [2.45, 2.75) is 26.8 Å². The normalized spacial score (nSPS) is 12.0. The number of aliphatic hydroxyl groups excluding tert-OH is 1. The molecular formula is C16H22N4O2. The number of hydrogen-bond acceptors (Lipinski definition) is 3. The number of hydrogen-bond donors (Lipinski definition) is 2. The smallest absolute Gasteiger partial charge is 0.321 e. The van der Waals surface area contributed by atoms with E-state index in [-0.39, 0.29) is 18.7 Å². The largest absolute Gasteiger partial charge is 0.394 e. The van der Waals surface area contributed by atoms with E-state index in [4.69, 9.17) is 5.11 Å². The lowest BCUT2D eigenvalue weighted by Gasteiger charge is -2.24. The molecule has 118 valence electrons. The summed E-state index contributed by atoms with van der Waals surface area (Å²) in [6.07, 6.45) is 3.67. The number of carbonyl (C=O) groups is 1. The maximum atomic E-state index is 12.3. The Hall–Kier alpha value is -2.34. The first-order chi connectivity index (χ1) is 10.4. The number of nitrogens with one attached hydrogen (secondary N) is 1. The van der Waals surface area contributed by atoms with E-state index < -0.39 is 0 Å². The topological polar surface area (TPSA) is 70.4 Å². The zero-order valence-electron chi connectivity index (χ0n) is 13.4. The Balaban J connectivity index is 2.30. The molecule has 6 nitrogen and oxygen atoms in total. The highest BCUT2D eigenvalue weighted by atomic mass is 16.3. The Morgan fingerprint density at radius 2 is 2.14 bits per heavy atom. The minimum Gasteiger partial charge on any atom is -0.394 e.